The SMILES string of the molecule is N#CC1=CC(=c2ccc3c4ccc(=C5C=CC=C(C#N)C5)cc4n(-c4cc(C#N)cc(-n5c6cc(-c7cccc(C#N)c7)ccc6c6ccc(-c7cccc(C#N)c7)cc65)c4-c4c(C#N)cccc4C(F)(F)F)c3c2)CC=C1. The van der Waals surface area contributed by atoms with Crippen LogP contribution in [0.5, 0.6) is 0 Å². The van der Waals surface area contributed by atoms with Crippen LogP contribution in [0.3, 0.4) is 0 Å². The lowest BCUT2D eigenvalue weighted by atomic mass is 9.90. The van der Waals surface area contributed by atoms with Crippen molar-refractivity contribution in [1.82, 2.24) is 9.13 Å². The van der Waals surface area contributed by atoms with Crippen molar-refractivity contribution in [3.63, 3.8) is 0 Å². The summed E-state index contributed by atoms with van der Waals surface area (Å²) in [7, 11) is 0. The molecule has 10 aromatic rings. The Balaban J connectivity index is 1.31. The largest absolute Gasteiger partial charge is 0.417 e. The Morgan fingerprint density at radius 2 is 0.974 bits per heavy atom. The lowest BCUT2D eigenvalue weighted by molar-refractivity contribution is -0.137. The van der Waals surface area contributed by atoms with Crippen molar-refractivity contribution < 1.29 is 13.2 Å². The van der Waals surface area contributed by atoms with Crippen LogP contribution in [0.4, 0.5) is 13.2 Å². The third-order valence-corrected chi connectivity index (χ3v) is 14.6. The Morgan fingerprint density at radius 1 is 0.449 bits per heavy atom. The average Bonchev–Trinajstić information content (AvgIpc) is 4.21. The quantitative estimate of drug-likeness (QED) is 0.167. The Labute approximate surface area is 444 Å². The molecule has 364 valence electrons. The summed E-state index contributed by atoms with van der Waals surface area (Å²) in [6.07, 6.45) is 6.81. The number of hydrogen-bond donors (Lipinski definition) is 0. The molecular formula is C67H35F3N8. The number of nitriles is 6. The third-order valence-electron chi connectivity index (χ3n) is 14.6. The van der Waals surface area contributed by atoms with Gasteiger partial charge in [0.25, 0.3) is 0 Å². The Hall–Kier alpha value is -11.2. The molecule has 0 saturated heterocycles. The van der Waals surface area contributed by atoms with Gasteiger partial charge in [0.15, 0.2) is 0 Å². The summed E-state index contributed by atoms with van der Waals surface area (Å²) in [5.41, 5.74) is 7.30. The summed E-state index contributed by atoms with van der Waals surface area (Å²) in [6, 6.07) is 57.6. The second kappa shape index (κ2) is 18.9. The van der Waals surface area contributed by atoms with Crippen LogP contribution in [0.25, 0.3) is 99.5 Å². The van der Waals surface area contributed by atoms with E-state index >= 15 is 13.2 Å². The first-order valence-corrected chi connectivity index (χ1v) is 24.7. The molecule has 2 heterocycles. The smallest absolute Gasteiger partial charge is 0.308 e. The maximum Gasteiger partial charge on any atom is 0.417 e. The Morgan fingerprint density at radius 3 is 1.50 bits per heavy atom. The lowest BCUT2D eigenvalue weighted by Gasteiger charge is -2.24. The van der Waals surface area contributed by atoms with Crippen LogP contribution in [0, 0.1) is 68.0 Å². The van der Waals surface area contributed by atoms with Crippen molar-refractivity contribution in [3.8, 4) is 81.2 Å². The first-order chi connectivity index (χ1) is 38.0. The first-order valence-electron chi connectivity index (χ1n) is 24.7. The fourth-order valence-electron chi connectivity index (χ4n) is 11.0. The van der Waals surface area contributed by atoms with E-state index in [1.165, 1.54) is 12.1 Å². The second-order valence-electron chi connectivity index (χ2n) is 19.0. The van der Waals surface area contributed by atoms with Gasteiger partial charge in [0.05, 0.1) is 103 Å². The monoisotopic (exact) mass is 1010 g/mol. The van der Waals surface area contributed by atoms with E-state index in [0.29, 0.717) is 79.4 Å². The number of alkyl halides is 3. The molecule has 12 rings (SSSR count). The van der Waals surface area contributed by atoms with E-state index in [0.717, 1.165) is 49.2 Å². The molecule has 0 unspecified atom stereocenters. The van der Waals surface area contributed by atoms with Crippen LogP contribution >= 0.6 is 0 Å². The van der Waals surface area contributed by atoms with Crippen molar-refractivity contribution in [2.45, 2.75) is 19.0 Å². The maximum absolute atomic E-state index is 16.1. The van der Waals surface area contributed by atoms with Gasteiger partial charge in [-0.1, -0.05) is 97.1 Å². The number of nitrogens with zero attached hydrogens (tertiary/aromatic N) is 8. The fraction of sp³-hybridized carbons (Fsp3) is 0.0448. The topological polar surface area (TPSA) is 153 Å². The zero-order valence-corrected chi connectivity index (χ0v) is 41.0. The minimum Gasteiger partial charge on any atom is -0.308 e. The minimum absolute atomic E-state index is 0.000439. The average molecular weight is 1010 g/mol. The molecule has 2 aromatic heterocycles. The van der Waals surface area contributed by atoms with Crippen LogP contribution in [0.2, 0.25) is 0 Å². The first kappa shape index (κ1) is 47.8. The predicted octanol–water partition coefficient (Wildman–Crippen LogP) is 14.5. The van der Waals surface area contributed by atoms with Gasteiger partial charge in [0, 0.05) is 44.7 Å². The summed E-state index contributed by atoms with van der Waals surface area (Å²) in [4.78, 5) is 0. The molecule has 2 aliphatic rings. The summed E-state index contributed by atoms with van der Waals surface area (Å²) in [5.74, 6) is 0. The number of allylic oxidation sites excluding steroid dienone is 8. The Kier molecular flexibility index (Phi) is 11.6. The van der Waals surface area contributed by atoms with Crippen LogP contribution in [-0.4, -0.2) is 9.13 Å². The van der Waals surface area contributed by atoms with Crippen molar-refractivity contribution >= 4 is 54.8 Å². The molecule has 0 bridgehead atoms. The number of aromatic nitrogens is 2. The standard InChI is InChI=1S/C67H35F3N8/c68-67(69,70)58-15-5-14-53(39-76)65(58)66-63(77-59-30-49(45-10-1-6-40(24-45)34-71)16-20-54(59)55-21-17-50(31-60(55)77)46-11-2-7-41(25-46)35-72)28-44(38-75)29-64(66)78-61-32-51(47-12-3-8-42(26-47)36-73)18-22-56(61)57-23-19-52(33-62(57)78)48-13-4-9-43(27-48)37-74/h1-12,14-25,27-33H,13,26H2. The molecule has 0 atom stereocenters. The molecule has 0 amide bonds. The number of rotatable bonds is 5. The van der Waals surface area contributed by atoms with E-state index in [-0.39, 0.29) is 28.1 Å². The number of benzene rings is 8. The van der Waals surface area contributed by atoms with Crippen LogP contribution < -0.4 is 10.4 Å². The third kappa shape index (κ3) is 8.07. The summed E-state index contributed by atoms with van der Waals surface area (Å²) >= 11 is 0. The highest BCUT2D eigenvalue weighted by molar-refractivity contribution is 6.13. The highest BCUT2D eigenvalue weighted by atomic mass is 19.4. The molecule has 8 aromatic carbocycles. The predicted molar refractivity (Wildman–Crippen MR) is 296 cm³/mol. The van der Waals surface area contributed by atoms with Gasteiger partial charge >= 0.3 is 6.18 Å². The van der Waals surface area contributed by atoms with Crippen LogP contribution in [0.1, 0.15) is 40.7 Å². The molecular weight excluding hydrogens is 974 g/mol. The van der Waals surface area contributed by atoms with E-state index in [4.69, 9.17) is 0 Å². The van der Waals surface area contributed by atoms with Crippen molar-refractivity contribution in [2.75, 3.05) is 0 Å². The van der Waals surface area contributed by atoms with E-state index in [1.54, 1.807) is 60.7 Å². The number of fused-ring (bicyclic) bond motifs is 6. The van der Waals surface area contributed by atoms with Crippen LogP contribution in [0.15, 0.2) is 199 Å². The number of halogens is 3. The van der Waals surface area contributed by atoms with Crippen LogP contribution in [-0.2, 0) is 6.18 Å². The molecule has 2 aliphatic carbocycles. The maximum atomic E-state index is 16.1. The summed E-state index contributed by atoms with van der Waals surface area (Å²) < 4.78 is 52.0. The fourth-order valence-corrected chi connectivity index (χ4v) is 11.0. The molecule has 0 spiro atoms. The van der Waals surface area contributed by atoms with Gasteiger partial charge in [0.2, 0.25) is 0 Å². The summed E-state index contributed by atoms with van der Waals surface area (Å²) in [6.45, 7) is 0. The van der Waals surface area contributed by atoms with E-state index < -0.39 is 17.3 Å². The Bertz CT molecular complexity index is 4740. The van der Waals surface area contributed by atoms with Gasteiger partial charge in [-0.15, -0.1) is 0 Å². The van der Waals surface area contributed by atoms with Gasteiger partial charge in [-0.3, -0.25) is 0 Å². The van der Waals surface area contributed by atoms with Gasteiger partial charge in [-0.2, -0.15) is 44.7 Å². The minimum atomic E-state index is -4.99. The molecule has 11 heteroatoms. The van der Waals surface area contributed by atoms with E-state index in [1.807, 2.05) is 118 Å². The molecule has 0 radical (unpaired) electrons. The van der Waals surface area contributed by atoms with Gasteiger partial charge in [-0.25, -0.2) is 0 Å². The molecule has 78 heavy (non-hydrogen) atoms. The van der Waals surface area contributed by atoms with Crippen molar-refractivity contribution in [2.24, 2.45) is 0 Å². The van der Waals surface area contributed by atoms with E-state index in [9.17, 15) is 31.6 Å². The van der Waals surface area contributed by atoms with Crippen molar-refractivity contribution in [1.29, 1.82) is 31.6 Å². The zero-order valence-electron chi connectivity index (χ0n) is 41.0. The van der Waals surface area contributed by atoms with Gasteiger partial charge < -0.3 is 9.13 Å². The highest BCUT2D eigenvalue weighted by Gasteiger charge is 2.37. The van der Waals surface area contributed by atoms with Gasteiger partial charge in [-0.05, 0) is 141 Å². The second-order valence-corrected chi connectivity index (χ2v) is 19.0. The summed E-state index contributed by atoms with van der Waals surface area (Å²) in [5, 5.41) is 66.5. The van der Waals surface area contributed by atoms with Crippen molar-refractivity contribution in [3.05, 3.63) is 238 Å². The molecule has 0 aliphatic heterocycles. The highest BCUT2D eigenvalue weighted by Crippen LogP contribution is 2.48. The zero-order chi connectivity index (χ0) is 53.8. The molecule has 0 N–H and O–H groups in total. The lowest BCUT2D eigenvalue weighted by Crippen LogP contribution is -2.13. The molecule has 8 nitrogen and oxygen atoms in total. The number of hydrogen-bond acceptors (Lipinski definition) is 6. The van der Waals surface area contributed by atoms with Gasteiger partial charge in [0.1, 0.15) is 0 Å². The molecule has 0 fully saturated rings. The normalized spacial score (nSPS) is 14.5. The molecule has 0 saturated carbocycles. The van der Waals surface area contributed by atoms with E-state index in [2.05, 4.69) is 36.4 Å².